The van der Waals surface area contributed by atoms with Crippen molar-refractivity contribution in [2.75, 3.05) is 12.3 Å². The van der Waals surface area contributed by atoms with Crippen LogP contribution >= 0.6 is 0 Å². The predicted octanol–water partition coefficient (Wildman–Crippen LogP) is 3.43. The van der Waals surface area contributed by atoms with Crippen LogP contribution < -0.4 is 5.73 Å². The van der Waals surface area contributed by atoms with Crippen LogP contribution in [0, 0.1) is 5.82 Å². The maximum absolute atomic E-state index is 13.5. The van der Waals surface area contributed by atoms with Crippen LogP contribution in [0.3, 0.4) is 0 Å². The van der Waals surface area contributed by atoms with Gasteiger partial charge in [-0.05, 0) is 25.1 Å². The van der Waals surface area contributed by atoms with Crippen molar-refractivity contribution in [2.45, 2.75) is 13.1 Å². The van der Waals surface area contributed by atoms with Gasteiger partial charge < -0.3 is 10.5 Å². The van der Waals surface area contributed by atoms with Gasteiger partial charge in [0, 0.05) is 11.3 Å². The first-order chi connectivity index (χ1) is 7.86. The Hall–Kier alpha value is -1.72. The van der Waals surface area contributed by atoms with Crippen LogP contribution in [0.25, 0.3) is 6.08 Å². The van der Waals surface area contributed by atoms with Crippen molar-refractivity contribution in [3.8, 4) is 0 Å². The second-order valence-corrected chi connectivity index (χ2v) is 3.23. The maximum Gasteiger partial charge on any atom is 0.419 e. The third-order valence-corrected chi connectivity index (χ3v) is 1.94. The van der Waals surface area contributed by atoms with Gasteiger partial charge in [0.1, 0.15) is 5.82 Å². The van der Waals surface area contributed by atoms with Gasteiger partial charge in [-0.15, -0.1) is 0 Å². The number of hydrogen-bond donors (Lipinski definition) is 1. The van der Waals surface area contributed by atoms with Crippen molar-refractivity contribution in [2.24, 2.45) is 0 Å². The predicted molar refractivity (Wildman–Crippen MR) is 56.5 cm³/mol. The zero-order chi connectivity index (χ0) is 13.1. The van der Waals surface area contributed by atoms with E-state index in [1.54, 1.807) is 6.92 Å². The summed E-state index contributed by atoms with van der Waals surface area (Å²) < 4.78 is 55.6. The van der Waals surface area contributed by atoms with Gasteiger partial charge in [-0.1, -0.05) is 0 Å². The molecule has 0 saturated heterocycles. The van der Waals surface area contributed by atoms with Gasteiger partial charge in [0.2, 0.25) is 0 Å². The van der Waals surface area contributed by atoms with Gasteiger partial charge >= 0.3 is 6.18 Å². The number of ether oxygens (including phenoxy) is 1. The van der Waals surface area contributed by atoms with E-state index in [2.05, 4.69) is 0 Å². The fraction of sp³-hybridized carbons (Fsp3) is 0.273. The zero-order valence-corrected chi connectivity index (χ0v) is 9.01. The van der Waals surface area contributed by atoms with E-state index in [9.17, 15) is 17.6 Å². The lowest BCUT2D eigenvalue weighted by atomic mass is 10.1. The highest BCUT2D eigenvalue weighted by Gasteiger charge is 2.35. The molecule has 0 unspecified atom stereocenters. The summed E-state index contributed by atoms with van der Waals surface area (Å²) >= 11 is 0. The summed E-state index contributed by atoms with van der Waals surface area (Å²) in [5, 5.41) is 0. The Morgan fingerprint density at radius 2 is 2.00 bits per heavy atom. The Balaban J connectivity index is 3.19. The first-order valence-electron chi connectivity index (χ1n) is 4.80. The lowest BCUT2D eigenvalue weighted by Gasteiger charge is -2.10. The van der Waals surface area contributed by atoms with Crippen molar-refractivity contribution in [3.05, 3.63) is 35.3 Å². The highest BCUT2D eigenvalue weighted by molar-refractivity contribution is 5.58. The molecule has 17 heavy (non-hydrogen) atoms. The average molecular weight is 249 g/mol. The molecule has 1 aromatic carbocycles. The molecule has 0 atom stereocenters. The Morgan fingerprint density at radius 1 is 1.35 bits per heavy atom. The second-order valence-electron chi connectivity index (χ2n) is 3.23. The fourth-order valence-electron chi connectivity index (χ4n) is 1.22. The van der Waals surface area contributed by atoms with E-state index in [1.807, 2.05) is 0 Å². The van der Waals surface area contributed by atoms with Crippen molar-refractivity contribution in [1.82, 2.24) is 0 Å². The molecule has 0 amide bonds. The first kappa shape index (κ1) is 13.3. The van der Waals surface area contributed by atoms with Crippen LogP contribution in [-0.2, 0) is 10.9 Å². The van der Waals surface area contributed by atoms with Crippen molar-refractivity contribution in [1.29, 1.82) is 0 Å². The monoisotopic (exact) mass is 249 g/mol. The molecule has 2 N–H and O–H groups in total. The van der Waals surface area contributed by atoms with Crippen LogP contribution in [-0.4, -0.2) is 6.61 Å². The number of anilines is 1. The molecule has 0 spiro atoms. The quantitative estimate of drug-likeness (QED) is 0.506. The summed E-state index contributed by atoms with van der Waals surface area (Å²) in [5.74, 6) is -1.36. The molecule has 2 nitrogen and oxygen atoms in total. The highest BCUT2D eigenvalue weighted by Crippen LogP contribution is 2.34. The molecule has 0 aliphatic rings. The Kier molecular flexibility index (Phi) is 3.98. The Morgan fingerprint density at radius 3 is 2.53 bits per heavy atom. The van der Waals surface area contributed by atoms with Crippen molar-refractivity contribution in [3.63, 3.8) is 0 Å². The second kappa shape index (κ2) is 5.07. The number of rotatable bonds is 3. The normalized spacial score (nSPS) is 12.1. The number of hydrogen-bond acceptors (Lipinski definition) is 2. The minimum absolute atomic E-state index is 0.158. The van der Waals surface area contributed by atoms with Crippen molar-refractivity contribution >= 4 is 11.8 Å². The summed E-state index contributed by atoms with van der Waals surface area (Å²) in [7, 11) is 0. The van der Waals surface area contributed by atoms with E-state index in [4.69, 9.17) is 10.5 Å². The van der Waals surface area contributed by atoms with Crippen LogP contribution in [0.2, 0.25) is 0 Å². The zero-order valence-electron chi connectivity index (χ0n) is 9.01. The number of nitrogens with two attached hydrogens (primary N) is 1. The molecule has 0 aromatic heterocycles. The summed E-state index contributed by atoms with van der Waals surface area (Å²) in [6.07, 6.45) is -2.55. The van der Waals surface area contributed by atoms with E-state index in [0.29, 0.717) is 12.7 Å². The Bertz CT molecular complexity index is 426. The summed E-state index contributed by atoms with van der Waals surface area (Å²) in [6.45, 7) is 2.04. The van der Waals surface area contributed by atoms with E-state index in [1.165, 1.54) is 0 Å². The molecule has 0 aliphatic carbocycles. The van der Waals surface area contributed by atoms with Gasteiger partial charge in [-0.2, -0.15) is 13.2 Å². The smallest absolute Gasteiger partial charge is 0.419 e. The van der Waals surface area contributed by atoms with Gasteiger partial charge in [0.25, 0.3) is 0 Å². The standard InChI is InChI=1S/C11H11F4NO/c1-2-17-4-3-7-5-8(16)6-9(10(7)12)11(13,14)15/h3-6H,2,16H2,1H3. The number of alkyl halides is 3. The molecular weight excluding hydrogens is 238 g/mol. The summed E-state index contributed by atoms with van der Waals surface area (Å²) in [6, 6.07) is 1.67. The first-order valence-corrected chi connectivity index (χ1v) is 4.80. The van der Waals surface area contributed by atoms with Crippen LogP contribution in [0.5, 0.6) is 0 Å². The number of benzene rings is 1. The lowest BCUT2D eigenvalue weighted by Crippen LogP contribution is -2.10. The molecule has 1 aromatic rings. The fourth-order valence-corrected chi connectivity index (χ4v) is 1.22. The molecule has 1 rings (SSSR count). The SMILES string of the molecule is CCOC=Cc1cc(N)cc(C(F)(F)F)c1F. The van der Waals surface area contributed by atoms with Crippen LogP contribution in [0.4, 0.5) is 23.2 Å². The molecule has 94 valence electrons. The molecule has 0 fully saturated rings. The summed E-state index contributed by atoms with van der Waals surface area (Å²) in [5.41, 5.74) is 3.49. The van der Waals surface area contributed by atoms with Gasteiger partial charge in [0.05, 0.1) is 18.4 Å². The van der Waals surface area contributed by atoms with E-state index >= 15 is 0 Å². The molecule has 0 bridgehead atoms. The third kappa shape index (κ3) is 3.37. The van der Waals surface area contributed by atoms with Crippen LogP contribution in [0.1, 0.15) is 18.1 Å². The summed E-state index contributed by atoms with van der Waals surface area (Å²) in [4.78, 5) is 0. The van der Waals surface area contributed by atoms with Crippen LogP contribution in [0.15, 0.2) is 18.4 Å². The highest BCUT2D eigenvalue weighted by atomic mass is 19.4. The van der Waals surface area contributed by atoms with E-state index in [-0.39, 0.29) is 11.3 Å². The molecule has 6 heteroatoms. The average Bonchev–Trinajstić information content (AvgIpc) is 2.21. The third-order valence-electron chi connectivity index (χ3n) is 1.94. The Labute approximate surface area is 95.7 Å². The topological polar surface area (TPSA) is 35.2 Å². The van der Waals surface area contributed by atoms with Crippen molar-refractivity contribution < 1.29 is 22.3 Å². The van der Waals surface area contributed by atoms with Gasteiger partial charge in [0.15, 0.2) is 0 Å². The van der Waals surface area contributed by atoms with E-state index < -0.39 is 17.6 Å². The molecule has 0 aliphatic heterocycles. The number of nitrogen functional groups attached to an aromatic ring is 1. The molecule has 0 radical (unpaired) electrons. The largest absolute Gasteiger partial charge is 0.501 e. The number of halogens is 4. The molecular formula is C11H11F4NO. The van der Waals surface area contributed by atoms with Gasteiger partial charge in [-0.25, -0.2) is 4.39 Å². The van der Waals surface area contributed by atoms with Gasteiger partial charge in [-0.3, -0.25) is 0 Å². The minimum atomic E-state index is -4.77. The minimum Gasteiger partial charge on any atom is -0.501 e. The lowest BCUT2D eigenvalue weighted by molar-refractivity contribution is -0.139. The van der Waals surface area contributed by atoms with E-state index in [0.717, 1.165) is 18.4 Å². The molecule has 0 saturated carbocycles. The molecule has 0 heterocycles. The maximum atomic E-state index is 13.5.